The van der Waals surface area contributed by atoms with Crippen molar-refractivity contribution in [2.75, 3.05) is 0 Å². The molecule has 1 aromatic carbocycles. The van der Waals surface area contributed by atoms with E-state index < -0.39 is 0 Å². The van der Waals surface area contributed by atoms with Crippen molar-refractivity contribution in [2.45, 2.75) is 46.6 Å². The fourth-order valence-corrected chi connectivity index (χ4v) is 3.26. The first-order valence-electron chi connectivity index (χ1n) is 7.76. The van der Waals surface area contributed by atoms with Gasteiger partial charge in [0, 0.05) is 12.1 Å². The summed E-state index contributed by atoms with van der Waals surface area (Å²) in [5.41, 5.74) is 9.97. The third-order valence-electron chi connectivity index (χ3n) is 4.32. The molecule has 2 rings (SSSR count). The van der Waals surface area contributed by atoms with Crippen LogP contribution < -0.4 is 5.73 Å². The predicted octanol–water partition coefficient (Wildman–Crippen LogP) is 4.51. The average molecular weight is 315 g/mol. The number of ketones is 1. The largest absolute Gasteiger partial charge is 0.326 e. The summed E-state index contributed by atoms with van der Waals surface area (Å²) in [6.45, 7) is 6.60. The molecule has 0 fully saturated rings. The SMILES string of the molecule is CC(=O)/C(=C\c1ccccc1CN)C1=C(S)CCC(C)(C)C1. The molecule has 0 radical (unpaired) electrons. The molecular weight excluding hydrogens is 290 g/mol. The molecule has 3 heteroatoms. The van der Waals surface area contributed by atoms with Gasteiger partial charge in [0.15, 0.2) is 5.78 Å². The van der Waals surface area contributed by atoms with Gasteiger partial charge in [0.1, 0.15) is 0 Å². The van der Waals surface area contributed by atoms with E-state index in [1.807, 2.05) is 30.3 Å². The molecule has 2 nitrogen and oxygen atoms in total. The zero-order valence-corrected chi connectivity index (χ0v) is 14.5. The van der Waals surface area contributed by atoms with Crippen LogP contribution in [0.2, 0.25) is 0 Å². The molecule has 0 heterocycles. The minimum Gasteiger partial charge on any atom is -0.326 e. The first kappa shape index (κ1) is 17.0. The van der Waals surface area contributed by atoms with Gasteiger partial charge in [-0.1, -0.05) is 38.1 Å². The summed E-state index contributed by atoms with van der Waals surface area (Å²) in [6.07, 6.45) is 4.92. The molecule has 2 N–H and O–H groups in total. The lowest BCUT2D eigenvalue weighted by molar-refractivity contribution is -0.113. The Labute approximate surface area is 138 Å². The molecule has 0 amide bonds. The van der Waals surface area contributed by atoms with Crippen molar-refractivity contribution in [1.82, 2.24) is 0 Å². The van der Waals surface area contributed by atoms with Gasteiger partial charge < -0.3 is 5.73 Å². The van der Waals surface area contributed by atoms with Crippen LogP contribution in [-0.2, 0) is 11.3 Å². The molecule has 1 aromatic rings. The highest BCUT2D eigenvalue weighted by Gasteiger charge is 2.28. The standard InChI is InChI=1S/C19H25NOS/c1-13(21)16(10-14-6-4-5-7-15(14)12-20)17-11-19(2,3)9-8-18(17)22/h4-7,10,22H,8-9,11-12,20H2,1-3H3/b16-10+. The fraction of sp³-hybridized carbons (Fsp3) is 0.421. The first-order valence-corrected chi connectivity index (χ1v) is 8.21. The van der Waals surface area contributed by atoms with Crippen LogP contribution >= 0.6 is 12.6 Å². The third-order valence-corrected chi connectivity index (χ3v) is 4.82. The van der Waals surface area contributed by atoms with Crippen LogP contribution in [0.25, 0.3) is 6.08 Å². The van der Waals surface area contributed by atoms with E-state index in [4.69, 9.17) is 5.73 Å². The Bertz CT molecular complexity index is 641. The predicted molar refractivity (Wildman–Crippen MR) is 96.6 cm³/mol. The number of carbonyl (C=O) groups excluding carboxylic acids is 1. The van der Waals surface area contributed by atoms with Crippen LogP contribution in [0.1, 0.15) is 51.2 Å². The molecule has 0 aliphatic heterocycles. The second-order valence-electron chi connectivity index (χ2n) is 6.78. The summed E-state index contributed by atoms with van der Waals surface area (Å²) in [6, 6.07) is 7.96. The van der Waals surface area contributed by atoms with Crippen molar-refractivity contribution in [1.29, 1.82) is 0 Å². The molecule has 1 aliphatic rings. The quantitative estimate of drug-likeness (QED) is 0.634. The van der Waals surface area contributed by atoms with E-state index in [-0.39, 0.29) is 11.2 Å². The number of rotatable bonds is 4. The van der Waals surface area contributed by atoms with Gasteiger partial charge in [-0.15, -0.1) is 12.6 Å². The Morgan fingerprint density at radius 2 is 2.05 bits per heavy atom. The van der Waals surface area contributed by atoms with Gasteiger partial charge in [-0.25, -0.2) is 0 Å². The maximum absolute atomic E-state index is 12.2. The van der Waals surface area contributed by atoms with Crippen LogP contribution in [-0.4, -0.2) is 5.78 Å². The third kappa shape index (κ3) is 3.90. The number of Topliss-reactive ketones (excluding diaryl/α,β-unsaturated/α-hetero) is 1. The van der Waals surface area contributed by atoms with E-state index in [0.717, 1.165) is 46.4 Å². The number of hydrogen-bond donors (Lipinski definition) is 2. The highest BCUT2D eigenvalue weighted by Crippen LogP contribution is 2.43. The molecular formula is C19H25NOS. The molecule has 1 aliphatic carbocycles. The van der Waals surface area contributed by atoms with Crippen molar-refractivity contribution in [3.05, 3.63) is 51.4 Å². The van der Waals surface area contributed by atoms with E-state index in [2.05, 4.69) is 26.5 Å². The summed E-state index contributed by atoms with van der Waals surface area (Å²) < 4.78 is 0. The Kier molecular flexibility index (Phi) is 5.30. The minimum absolute atomic E-state index is 0.0890. The Hall–Kier alpha value is -1.32. The lowest BCUT2D eigenvalue weighted by Crippen LogP contribution is -2.20. The number of thiol groups is 1. The molecule has 0 aromatic heterocycles. The van der Waals surface area contributed by atoms with E-state index in [0.29, 0.717) is 6.54 Å². The van der Waals surface area contributed by atoms with Crippen molar-refractivity contribution in [2.24, 2.45) is 11.1 Å². The molecule has 0 unspecified atom stereocenters. The minimum atomic E-state index is 0.0890. The lowest BCUT2D eigenvalue weighted by Gasteiger charge is -2.32. The summed E-state index contributed by atoms with van der Waals surface area (Å²) >= 11 is 4.65. The Morgan fingerprint density at radius 1 is 1.36 bits per heavy atom. The Balaban J connectivity index is 2.51. The molecule has 0 spiro atoms. The molecule has 22 heavy (non-hydrogen) atoms. The molecule has 0 bridgehead atoms. The van der Waals surface area contributed by atoms with Crippen LogP contribution in [0.15, 0.2) is 40.3 Å². The summed E-state index contributed by atoms with van der Waals surface area (Å²) in [5, 5.41) is 0. The van der Waals surface area contributed by atoms with Crippen molar-refractivity contribution < 1.29 is 4.79 Å². The summed E-state index contributed by atoms with van der Waals surface area (Å²) in [4.78, 5) is 13.3. The second-order valence-corrected chi connectivity index (χ2v) is 7.32. The van der Waals surface area contributed by atoms with E-state index in [9.17, 15) is 4.79 Å². The zero-order chi connectivity index (χ0) is 16.3. The normalized spacial score (nSPS) is 18.5. The van der Waals surface area contributed by atoms with Gasteiger partial charge in [0.05, 0.1) is 0 Å². The summed E-state index contributed by atoms with van der Waals surface area (Å²) in [7, 11) is 0. The van der Waals surface area contributed by atoms with Crippen LogP contribution in [0, 0.1) is 5.41 Å². The van der Waals surface area contributed by atoms with Crippen LogP contribution in [0.4, 0.5) is 0 Å². The molecule has 0 saturated heterocycles. The molecule has 0 saturated carbocycles. The smallest absolute Gasteiger partial charge is 0.160 e. The highest BCUT2D eigenvalue weighted by molar-refractivity contribution is 7.84. The second kappa shape index (κ2) is 6.84. The van der Waals surface area contributed by atoms with Gasteiger partial charge in [0.25, 0.3) is 0 Å². The topological polar surface area (TPSA) is 43.1 Å². The number of carbonyl (C=O) groups is 1. The van der Waals surface area contributed by atoms with Crippen LogP contribution in [0.5, 0.6) is 0 Å². The Morgan fingerprint density at radius 3 is 2.68 bits per heavy atom. The molecule has 118 valence electrons. The number of benzene rings is 1. The number of allylic oxidation sites excluding steroid dienone is 3. The number of nitrogens with two attached hydrogens (primary N) is 1. The number of hydrogen-bond acceptors (Lipinski definition) is 3. The van der Waals surface area contributed by atoms with E-state index in [1.54, 1.807) is 6.92 Å². The average Bonchev–Trinajstić information content (AvgIpc) is 2.47. The van der Waals surface area contributed by atoms with Gasteiger partial charge in [-0.2, -0.15) is 0 Å². The van der Waals surface area contributed by atoms with Crippen molar-refractivity contribution in [3.63, 3.8) is 0 Å². The van der Waals surface area contributed by atoms with Gasteiger partial charge in [-0.3, -0.25) is 4.79 Å². The maximum Gasteiger partial charge on any atom is 0.160 e. The van der Waals surface area contributed by atoms with Crippen LogP contribution in [0.3, 0.4) is 0 Å². The first-order chi connectivity index (χ1) is 10.3. The van der Waals surface area contributed by atoms with Gasteiger partial charge in [0.2, 0.25) is 0 Å². The van der Waals surface area contributed by atoms with Gasteiger partial charge >= 0.3 is 0 Å². The molecule has 0 atom stereocenters. The monoisotopic (exact) mass is 315 g/mol. The van der Waals surface area contributed by atoms with Crippen molar-refractivity contribution >= 4 is 24.5 Å². The zero-order valence-electron chi connectivity index (χ0n) is 13.6. The summed E-state index contributed by atoms with van der Waals surface area (Å²) in [5.74, 6) is 0.0890. The fourth-order valence-electron chi connectivity index (χ4n) is 2.94. The maximum atomic E-state index is 12.2. The van der Waals surface area contributed by atoms with E-state index >= 15 is 0 Å². The van der Waals surface area contributed by atoms with E-state index in [1.165, 1.54) is 0 Å². The van der Waals surface area contributed by atoms with Gasteiger partial charge in [-0.05, 0) is 59.3 Å². The highest BCUT2D eigenvalue weighted by atomic mass is 32.1. The van der Waals surface area contributed by atoms with Crippen molar-refractivity contribution in [3.8, 4) is 0 Å². The lowest BCUT2D eigenvalue weighted by atomic mass is 9.74.